The van der Waals surface area contributed by atoms with Gasteiger partial charge in [0.15, 0.2) is 0 Å². The zero-order valence-corrected chi connectivity index (χ0v) is 17.5. The highest BCUT2D eigenvalue weighted by Gasteiger charge is 2.25. The van der Waals surface area contributed by atoms with Crippen molar-refractivity contribution in [3.8, 4) is 0 Å². The second kappa shape index (κ2) is 8.71. The largest absolute Gasteiger partial charge is 0.393 e. The number of sulfonamides is 1. The Kier molecular flexibility index (Phi) is 6.03. The molecular formula is C21H26N4O4S. The van der Waals surface area contributed by atoms with Crippen LogP contribution in [0, 0.1) is 0 Å². The molecule has 3 heterocycles. The number of carbonyl (C=O) groups is 1. The van der Waals surface area contributed by atoms with Crippen LogP contribution in [-0.4, -0.2) is 66.6 Å². The molecule has 3 aliphatic heterocycles. The van der Waals surface area contributed by atoms with Gasteiger partial charge in [-0.1, -0.05) is 24.3 Å². The van der Waals surface area contributed by atoms with Gasteiger partial charge in [0, 0.05) is 38.9 Å². The Hall–Kier alpha value is -2.49. The molecule has 30 heavy (non-hydrogen) atoms. The number of fused-ring (bicyclic) bond motifs is 1. The predicted molar refractivity (Wildman–Crippen MR) is 114 cm³/mol. The maximum atomic E-state index is 12.5. The number of nitrogens with zero attached hydrogens (tertiary/aromatic N) is 3. The van der Waals surface area contributed by atoms with Gasteiger partial charge in [0.05, 0.1) is 17.4 Å². The third kappa shape index (κ3) is 5.16. The number of aliphatic hydroxyl groups excluding tert-OH is 1. The van der Waals surface area contributed by atoms with Gasteiger partial charge in [-0.3, -0.25) is 9.69 Å². The Morgan fingerprint density at radius 1 is 1.10 bits per heavy atom. The van der Waals surface area contributed by atoms with Gasteiger partial charge in [0.25, 0.3) is 15.9 Å². The van der Waals surface area contributed by atoms with Gasteiger partial charge in [0.2, 0.25) is 0 Å². The lowest BCUT2D eigenvalue weighted by atomic mass is 10.1. The molecule has 160 valence electrons. The van der Waals surface area contributed by atoms with Gasteiger partial charge in [-0.05, 0) is 36.1 Å². The number of carbonyl (C=O) groups excluding carboxylic acids is 1. The molecule has 0 radical (unpaired) electrons. The maximum absolute atomic E-state index is 12.5. The standard InChI is InChI=1S/C21H26N4O4S/c26-19-7-9-24(10-8-19)14-17-3-1-16(2-4-17)13-22-21(27)18-5-6-20-23-30(28,29)12-11-25(20)15-18/h1-6,15,19,26H,7-14H2,(H,22,27). The summed E-state index contributed by atoms with van der Waals surface area (Å²) in [7, 11) is -3.40. The molecule has 1 amide bonds. The summed E-state index contributed by atoms with van der Waals surface area (Å²) in [6.07, 6.45) is 6.28. The van der Waals surface area contributed by atoms with Crippen LogP contribution in [0.4, 0.5) is 0 Å². The SMILES string of the molecule is O=C(NCc1ccc(CN2CCC(O)CC2)cc1)C1=CN2CCS(=O)(=O)N=C2C=C1. The van der Waals surface area contributed by atoms with E-state index < -0.39 is 10.0 Å². The minimum Gasteiger partial charge on any atom is -0.393 e. The molecule has 2 N–H and O–H groups in total. The summed E-state index contributed by atoms with van der Waals surface area (Å²) < 4.78 is 26.8. The molecule has 0 unspecified atom stereocenters. The third-order valence-electron chi connectivity index (χ3n) is 5.53. The van der Waals surface area contributed by atoms with Crippen LogP contribution in [0.2, 0.25) is 0 Å². The highest BCUT2D eigenvalue weighted by molar-refractivity contribution is 7.90. The minimum atomic E-state index is -3.40. The van der Waals surface area contributed by atoms with Crippen LogP contribution in [-0.2, 0) is 27.9 Å². The molecule has 1 aromatic rings. The van der Waals surface area contributed by atoms with Crippen LogP contribution in [0.25, 0.3) is 0 Å². The number of nitrogens with one attached hydrogen (secondary N) is 1. The molecule has 0 bridgehead atoms. The zero-order valence-electron chi connectivity index (χ0n) is 16.7. The van der Waals surface area contributed by atoms with Crippen LogP contribution in [0.5, 0.6) is 0 Å². The number of hydrogen-bond donors (Lipinski definition) is 2. The number of amides is 1. The summed E-state index contributed by atoms with van der Waals surface area (Å²) in [6, 6.07) is 8.17. The van der Waals surface area contributed by atoms with E-state index in [4.69, 9.17) is 0 Å². The lowest BCUT2D eigenvalue weighted by Crippen LogP contribution is -2.38. The van der Waals surface area contributed by atoms with E-state index in [2.05, 4.69) is 26.7 Å². The van der Waals surface area contributed by atoms with E-state index in [0.717, 1.165) is 38.0 Å². The van der Waals surface area contributed by atoms with Crippen LogP contribution in [0.1, 0.15) is 24.0 Å². The summed E-state index contributed by atoms with van der Waals surface area (Å²) in [6.45, 7) is 3.40. The molecule has 0 saturated carbocycles. The fraction of sp³-hybridized carbons (Fsp3) is 0.429. The van der Waals surface area contributed by atoms with Crippen molar-refractivity contribution < 1.29 is 18.3 Å². The number of piperidine rings is 1. The van der Waals surface area contributed by atoms with Gasteiger partial charge in [-0.25, -0.2) is 8.42 Å². The second-order valence-electron chi connectivity index (χ2n) is 7.85. The van der Waals surface area contributed by atoms with Gasteiger partial charge in [0.1, 0.15) is 5.84 Å². The molecule has 0 aliphatic carbocycles. The van der Waals surface area contributed by atoms with Crippen molar-refractivity contribution >= 4 is 21.8 Å². The van der Waals surface area contributed by atoms with E-state index >= 15 is 0 Å². The van der Waals surface area contributed by atoms with Gasteiger partial charge >= 0.3 is 0 Å². The first-order valence-corrected chi connectivity index (χ1v) is 11.7. The maximum Gasteiger partial charge on any atom is 0.256 e. The number of benzene rings is 1. The zero-order chi connectivity index (χ0) is 21.1. The first-order chi connectivity index (χ1) is 14.4. The average Bonchev–Trinajstić information content (AvgIpc) is 2.73. The van der Waals surface area contributed by atoms with Gasteiger partial charge in [-0.15, -0.1) is 4.40 Å². The topological polar surface area (TPSA) is 102 Å². The third-order valence-corrected chi connectivity index (χ3v) is 6.69. The Balaban J connectivity index is 1.29. The summed E-state index contributed by atoms with van der Waals surface area (Å²) >= 11 is 0. The molecule has 4 rings (SSSR count). The van der Waals surface area contributed by atoms with E-state index in [1.165, 1.54) is 5.56 Å². The summed E-state index contributed by atoms with van der Waals surface area (Å²) in [4.78, 5) is 16.5. The van der Waals surface area contributed by atoms with E-state index in [1.807, 2.05) is 12.1 Å². The lowest BCUT2D eigenvalue weighted by molar-refractivity contribution is -0.117. The molecule has 0 aromatic heterocycles. The van der Waals surface area contributed by atoms with Crippen molar-refractivity contribution in [2.75, 3.05) is 25.4 Å². The van der Waals surface area contributed by atoms with E-state index in [-0.39, 0.29) is 17.8 Å². The molecule has 0 spiro atoms. The highest BCUT2D eigenvalue weighted by atomic mass is 32.2. The fourth-order valence-corrected chi connectivity index (χ4v) is 4.69. The number of amidine groups is 1. The predicted octanol–water partition coefficient (Wildman–Crippen LogP) is 0.757. The lowest BCUT2D eigenvalue weighted by Gasteiger charge is -2.29. The Morgan fingerprint density at radius 3 is 2.53 bits per heavy atom. The number of aliphatic hydroxyl groups is 1. The molecule has 9 heteroatoms. The van der Waals surface area contributed by atoms with Gasteiger partial charge in [-0.2, -0.15) is 0 Å². The quantitative estimate of drug-likeness (QED) is 0.715. The van der Waals surface area contributed by atoms with Crippen molar-refractivity contribution in [3.63, 3.8) is 0 Å². The monoisotopic (exact) mass is 430 g/mol. The molecule has 8 nitrogen and oxygen atoms in total. The van der Waals surface area contributed by atoms with E-state index in [0.29, 0.717) is 24.5 Å². The fourth-order valence-electron chi connectivity index (χ4n) is 3.72. The Labute approximate surface area is 176 Å². The number of likely N-dealkylation sites (tertiary alicyclic amines) is 1. The molecule has 3 aliphatic rings. The minimum absolute atomic E-state index is 0.0555. The van der Waals surface area contributed by atoms with Crippen molar-refractivity contribution in [1.82, 2.24) is 15.1 Å². The van der Waals surface area contributed by atoms with Crippen LogP contribution < -0.4 is 5.32 Å². The van der Waals surface area contributed by atoms with E-state index in [9.17, 15) is 18.3 Å². The Morgan fingerprint density at radius 2 is 1.80 bits per heavy atom. The van der Waals surface area contributed by atoms with Crippen LogP contribution in [0.3, 0.4) is 0 Å². The second-order valence-corrected chi connectivity index (χ2v) is 9.61. The summed E-state index contributed by atoms with van der Waals surface area (Å²) in [5.74, 6) is 0.0754. The molecule has 1 saturated heterocycles. The van der Waals surface area contributed by atoms with E-state index in [1.54, 1.807) is 23.3 Å². The summed E-state index contributed by atoms with van der Waals surface area (Å²) in [5.41, 5.74) is 2.69. The smallest absolute Gasteiger partial charge is 0.256 e. The average molecular weight is 431 g/mol. The number of hydrogen-bond acceptors (Lipinski definition) is 6. The van der Waals surface area contributed by atoms with Crippen molar-refractivity contribution in [2.24, 2.45) is 4.40 Å². The normalized spacial score (nSPS) is 21.6. The first-order valence-electron chi connectivity index (χ1n) is 10.1. The van der Waals surface area contributed by atoms with Crippen LogP contribution in [0.15, 0.2) is 52.6 Å². The highest BCUT2D eigenvalue weighted by Crippen LogP contribution is 2.17. The molecule has 1 fully saturated rings. The van der Waals surface area contributed by atoms with Crippen molar-refractivity contribution in [2.45, 2.75) is 32.0 Å². The molecular weight excluding hydrogens is 404 g/mol. The molecule has 0 atom stereocenters. The van der Waals surface area contributed by atoms with Crippen molar-refractivity contribution in [1.29, 1.82) is 0 Å². The first kappa shape index (κ1) is 20.8. The number of rotatable bonds is 5. The van der Waals surface area contributed by atoms with Crippen LogP contribution >= 0.6 is 0 Å². The van der Waals surface area contributed by atoms with Gasteiger partial charge < -0.3 is 15.3 Å². The summed E-state index contributed by atoms with van der Waals surface area (Å²) in [5, 5.41) is 12.5. The Bertz CT molecular complexity index is 990. The molecule has 1 aromatic carbocycles. The van der Waals surface area contributed by atoms with Crippen molar-refractivity contribution in [3.05, 3.63) is 59.3 Å².